The molecule has 24 heavy (non-hydrogen) atoms. The van der Waals surface area contributed by atoms with Crippen LogP contribution in [-0.4, -0.2) is 29.5 Å². The van der Waals surface area contributed by atoms with Gasteiger partial charge in [0.05, 0.1) is 0 Å². The van der Waals surface area contributed by atoms with Crippen LogP contribution in [0.2, 0.25) is 0 Å². The summed E-state index contributed by atoms with van der Waals surface area (Å²) in [6, 6.07) is 0. The van der Waals surface area contributed by atoms with Crippen molar-refractivity contribution in [3.63, 3.8) is 0 Å². The zero-order valence-corrected chi connectivity index (χ0v) is 12.8. The van der Waals surface area contributed by atoms with Crippen molar-refractivity contribution in [1.29, 1.82) is 0 Å². The molecule has 0 saturated carbocycles. The summed E-state index contributed by atoms with van der Waals surface area (Å²) >= 11 is 0. The van der Waals surface area contributed by atoms with Crippen LogP contribution in [0.15, 0.2) is 37.4 Å². The van der Waals surface area contributed by atoms with Gasteiger partial charge in [0.2, 0.25) is 12.7 Å². The van der Waals surface area contributed by atoms with Crippen LogP contribution in [0.4, 0.5) is 0 Å². The smallest absolute Gasteiger partial charge is 0.244 e. The van der Waals surface area contributed by atoms with Gasteiger partial charge in [-0.05, 0) is 0 Å². The van der Waals surface area contributed by atoms with Crippen LogP contribution in [0.25, 0.3) is 0 Å². The third kappa shape index (κ3) is 2.47. The van der Waals surface area contributed by atoms with Crippen LogP contribution in [0.3, 0.4) is 0 Å². The van der Waals surface area contributed by atoms with Crippen molar-refractivity contribution < 1.29 is 9.13 Å². The van der Waals surface area contributed by atoms with Crippen LogP contribution in [-0.2, 0) is 26.2 Å². The molecule has 0 aliphatic carbocycles. The molecule has 0 spiro atoms. The van der Waals surface area contributed by atoms with E-state index in [1.165, 1.54) is 0 Å². The Labute approximate surface area is 136 Å². The van der Waals surface area contributed by atoms with Crippen molar-refractivity contribution in [2.45, 2.75) is 26.2 Å². The van der Waals surface area contributed by atoms with E-state index < -0.39 is 0 Å². The lowest BCUT2D eigenvalue weighted by molar-refractivity contribution is -0.689. The van der Waals surface area contributed by atoms with E-state index in [0.29, 0.717) is 49.5 Å². The van der Waals surface area contributed by atoms with Crippen molar-refractivity contribution in [3.8, 4) is 0 Å². The first kappa shape index (κ1) is 13.2. The summed E-state index contributed by atoms with van der Waals surface area (Å²) in [4.78, 5) is 9.00. The number of imidazole rings is 2. The average molecular weight is 322 g/mol. The van der Waals surface area contributed by atoms with Crippen LogP contribution in [0, 0.1) is 0 Å². The average Bonchev–Trinajstić information content (AvgIpc) is 3.32. The molecule has 120 valence electrons. The molecule has 5 heterocycles. The van der Waals surface area contributed by atoms with Crippen LogP contribution >= 0.6 is 0 Å². The van der Waals surface area contributed by atoms with Gasteiger partial charge in [-0.25, -0.2) is 18.3 Å². The maximum Gasteiger partial charge on any atom is 0.244 e. The standard InChI is InChI=1S/C14H14N10/c1-2-22-6-12-16-14(20-18-12)8-24-4-3-23(10-24)7-13-15-11(17-19-13)5-21(1)9-22/h1-4,9-10H,5-8H2. The number of hydrogen-bond acceptors (Lipinski definition) is 4. The molecular weight excluding hydrogens is 308 g/mol. The second-order valence-electron chi connectivity index (χ2n) is 5.81. The Morgan fingerprint density at radius 3 is 1.71 bits per heavy atom. The minimum absolute atomic E-state index is 0.580. The van der Waals surface area contributed by atoms with Gasteiger partial charge < -0.3 is 30.4 Å². The number of fused-ring (bicyclic) bond motifs is 8. The first-order valence-corrected chi connectivity index (χ1v) is 7.60. The predicted molar refractivity (Wildman–Crippen MR) is 76.4 cm³/mol. The second-order valence-corrected chi connectivity index (χ2v) is 5.81. The van der Waals surface area contributed by atoms with Gasteiger partial charge in [-0.1, -0.05) is 0 Å². The van der Waals surface area contributed by atoms with Crippen molar-refractivity contribution in [2.24, 2.45) is 0 Å². The van der Waals surface area contributed by atoms with Gasteiger partial charge in [-0.15, -0.1) is 0 Å². The second kappa shape index (κ2) is 5.11. The Kier molecular flexibility index (Phi) is 2.81. The van der Waals surface area contributed by atoms with Gasteiger partial charge in [0, 0.05) is 23.3 Å². The van der Waals surface area contributed by atoms with Gasteiger partial charge >= 0.3 is 0 Å². The molecule has 5 rings (SSSR count). The molecule has 0 saturated heterocycles. The molecule has 0 amide bonds. The molecular formula is C14H14N10. The summed E-state index contributed by atoms with van der Waals surface area (Å²) in [7, 11) is 0. The van der Waals surface area contributed by atoms with Crippen LogP contribution in [0.5, 0.6) is 0 Å². The normalized spacial score (nSPS) is 14.0. The molecule has 10 nitrogen and oxygen atoms in total. The molecule has 0 atom stereocenters. The Bertz CT molecular complexity index is 760. The molecule has 0 radical (unpaired) electrons. The Hall–Kier alpha value is -3.30. The number of hydrogen-bond donors (Lipinski definition) is 0. The fraction of sp³-hybridized carbons (Fsp3) is 0.286. The van der Waals surface area contributed by atoms with Gasteiger partial charge in [-0.3, -0.25) is 0 Å². The lowest BCUT2D eigenvalue weighted by atomic mass is 10.5. The lowest BCUT2D eigenvalue weighted by Gasteiger charge is -2.00. The zero-order chi connectivity index (χ0) is 15.9. The van der Waals surface area contributed by atoms with E-state index in [-0.39, 0.29) is 0 Å². The van der Waals surface area contributed by atoms with E-state index in [1.807, 2.05) is 55.7 Å². The minimum atomic E-state index is 0.580. The molecule has 0 unspecified atom stereocenters. The topological polar surface area (TPSA) is 97.4 Å². The monoisotopic (exact) mass is 322 g/mol. The summed E-state index contributed by atoms with van der Waals surface area (Å²) in [5.74, 6) is 2.81. The minimum Gasteiger partial charge on any atom is -0.359 e. The van der Waals surface area contributed by atoms with E-state index in [2.05, 4.69) is 30.4 Å². The molecule has 0 N–H and O–H groups in total. The van der Waals surface area contributed by atoms with Crippen molar-refractivity contribution in [3.05, 3.63) is 60.7 Å². The maximum absolute atomic E-state index is 4.50. The number of rotatable bonds is 0. The third-order valence-corrected chi connectivity index (χ3v) is 3.87. The third-order valence-electron chi connectivity index (χ3n) is 3.87. The summed E-state index contributed by atoms with van der Waals surface area (Å²) in [6.07, 6.45) is 11.8. The molecule has 1 aliphatic heterocycles. The Balaban J connectivity index is 1.54. The molecule has 8 bridgehead atoms. The Morgan fingerprint density at radius 1 is 0.708 bits per heavy atom. The van der Waals surface area contributed by atoms with E-state index >= 15 is 0 Å². The molecule has 1 aliphatic rings. The Morgan fingerprint density at radius 2 is 1.17 bits per heavy atom. The van der Waals surface area contributed by atoms with Gasteiger partial charge in [0.25, 0.3) is 0 Å². The van der Waals surface area contributed by atoms with E-state index in [0.717, 1.165) is 0 Å². The molecule has 0 fully saturated rings. The van der Waals surface area contributed by atoms with E-state index in [9.17, 15) is 0 Å². The van der Waals surface area contributed by atoms with E-state index in [1.54, 1.807) is 0 Å². The largest absolute Gasteiger partial charge is 0.359 e. The summed E-state index contributed by atoms with van der Waals surface area (Å²) in [5, 5.41) is 16.7. The lowest BCUT2D eigenvalue weighted by Crippen LogP contribution is -2.33. The first-order valence-electron chi connectivity index (χ1n) is 7.60. The molecule has 0 aromatic carbocycles. The molecule has 4 aromatic rings. The summed E-state index contributed by atoms with van der Waals surface area (Å²) in [6.45, 7) is 2.32. The van der Waals surface area contributed by atoms with Gasteiger partial charge in [-0.2, -0.15) is 0 Å². The van der Waals surface area contributed by atoms with Gasteiger partial charge in [0.15, 0.2) is 0 Å². The quantitative estimate of drug-likeness (QED) is 0.302. The van der Waals surface area contributed by atoms with E-state index in [4.69, 9.17) is 0 Å². The zero-order valence-electron chi connectivity index (χ0n) is 12.8. The van der Waals surface area contributed by atoms with Crippen molar-refractivity contribution in [1.82, 2.24) is 39.5 Å². The van der Waals surface area contributed by atoms with Crippen LogP contribution < -0.4 is 19.1 Å². The SMILES string of the molecule is c1c[n+]2cn1Cc1nnc([n-]1)Cn1cc[n+](c1)Cc1nnc([n-]1)C2. The highest BCUT2D eigenvalue weighted by Crippen LogP contribution is 1.99. The fourth-order valence-corrected chi connectivity index (χ4v) is 2.79. The summed E-state index contributed by atoms with van der Waals surface area (Å²) in [5.41, 5.74) is 0. The highest BCUT2D eigenvalue weighted by molar-refractivity contribution is 4.93. The van der Waals surface area contributed by atoms with Gasteiger partial charge in [0.1, 0.15) is 51.0 Å². The summed E-state index contributed by atoms with van der Waals surface area (Å²) < 4.78 is 8.03. The van der Waals surface area contributed by atoms with Crippen molar-refractivity contribution in [2.75, 3.05) is 0 Å². The van der Waals surface area contributed by atoms with Crippen LogP contribution in [0.1, 0.15) is 23.3 Å². The van der Waals surface area contributed by atoms with Crippen molar-refractivity contribution >= 4 is 0 Å². The fourth-order valence-electron chi connectivity index (χ4n) is 2.79. The molecule has 10 heteroatoms. The maximum atomic E-state index is 4.50. The highest BCUT2D eigenvalue weighted by atomic mass is 15.3. The predicted octanol–water partition coefficient (Wildman–Crippen LogP) is -2.13. The first-order chi connectivity index (χ1) is 11.8. The highest BCUT2D eigenvalue weighted by Gasteiger charge is 2.09. The number of aromatic nitrogens is 10. The number of nitrogens with zero attached hydrogens (tertiary/aromatic N) is 10. The molecule has 4 aromatic heterocycles.